The Labute approximate surface area is 213 Å². The molecular formula is C26H40N4O4S. The van der Waals surface area contributed by atoms with Gasteiger partial charge in [-0.25, -0.2) is 14.3 Å². The first kappa shape index (κ1) is 28.7. The van der Waals surface area contributed by atoms with Gasteiger partial charge in [0.05, 0.1) is 11.7 Å². The molecule has 2 rings (SSSR count). The minimum absolute atomic E-state index is 0.216. The number of carbonyl (C=O) groups excluding carboxylic acids is 2. The van der Waals surface area contributed by atoms with Crippen molar-refractivity contribution >= 4 is 23.8 Å². The fourth-order valence-electron chi connectivity index (χ4n) is 3.11. The Hall–Kier alpha value is -2.55. The van der Waals surface area contributed by atoms with E-state index in [0.717, 1.165) is 23.4 Å². The molecule has 0 fully saturated rings. The number of benzene rings is 1. The molecular weight excluding hydrogens is 464 g/mol. The van der Waals surface area contributed by atoms with Crippen LogP contribution in [-0.2, 0) is 19.8 Å². The smallest absolute Gasteiger partial charge is 0.408 e. The van der Waals surface area contributed by atoms with Gasteiger partial charge >= 0.3 is 12.1 Å². The number of thioether (sulfide) groups is 1. The summed E-state index contributed by atoms with van der Waals surface area (Å²) in [6.07, 6.45) is 2.66. The Bertz CT molecular complexity index is 962. The van der Waals surface area contributed by atoms with Gasteiger partial charge in [0.25, 0.3) is 0 Å². The van der Waals surface area contributed by atoms with E-state index in [4.69, 9.17) is 9.47 Å². The maximum atomic E-state index is 12.7. The third kappa shape index (κ3) is 10.3. The second-order valence-corrected chi connectivity index (χ2v) is 12.3. The molecule has 194 valence electrons. The molecule has 35 heavy (non-hydrogen) atoms. The van der Waals surface area contributed by atoms with E-state index in [2.05, 4.69) is 29.5 Å². The second-order valence-electron chi connectivity index (χ2n) is 11.1. The number of nitrogens with one attached hydrogen (secondary N) is 1. The van der Waals surface area contributed by atoms with Gasteiger partial charge in [-0.05, 0) is 79.7 Å². The third-order valence-corrected chi connectivity index (χ3v) is 5.99. The lowest BCUT2D eigenvalue weighted by atomic mass is 10.0. The van der Waals surface area contributed by atoms with Crippen molar-refractivity contribution in [3.63, 3.8) is 0 Å². The van der Waals surface area contributed by atoms with Crippen molar-refractivity contribution < 1.29 is 19.1 Å². The second kappa shape index (κ2) is 11.9. The highest BCUT2D eigenvalue weighted by molar-refractivity contribution is 7.99. The van der Waals surface area contributed by atoms with Crippen LogP contribution in [0.5, 0.6) is 0 Å². The molecule has 1 N–H and O–H groups in total. The molecule has 1 aromatic carbocycles. The Balaban J connectivity index is 1.89. The van der Waals surface area contributed by atoms with Crippen molar-refractivity contribution in [1.29, 1.82) is 0 Å². The number of amides is 1. The molecule has 1 atom stereocenters. The monoisotopic (exact) mass is 504 g/mol. The zero-order valence-corrected chi connectivity index (χ0v) is 23.1. The van der Waals surface area contributed by atoms with Gasteiger partial charge in [0.15, 0.2) is 0 Å². The minimum Gasteiger partial charge on any atom is -0.458 e. The van der Waals surface area contributed by atoms with E-state index in [9.17, 15) is 9.59 Å². The molecule has 0 aliphatic rings. The lowest BCUT2D eigenvalue weighted by molar-refractivity contribution is -0.157. The number of ether oxygens (including phenoxy) is 2. The van der Waals surface area contributed by atoms with Crippen LogP contribution in [0, 0.1) is 0 Å². The van der Waals surface area contributed by atoms with Gasteiger partial charge in [0.1, 0.15) is 22.9 Å². The van der Waals surface area contributed by atoms with Crippen LogP contribution in [-0.4, -0.2) is 55.8 Å². The van der Waals surface area contributed by atoms with E-state index in [-0.39, 0.29) is 5.54 Å². The topological polar surface area (TPSA) is 95.3 Å². The van der Waals surface area contributed by atoms with Gasteiger partial charge in [-0.15, -0.1) is 5.10 Å². The highest BCUT2D eigenvalue weighted by Gasteiger charge is 2.29. The average molecular weight is 505 g/mol. The molecule has 0 saturated carbocycles. The Morgan fingerprint density at radius 2 is 1.60 bits per heavy atom. The largest absolute Gasteiger partial charge is 0.458 e. The summed E-state index contributed by atoms with van der Waals surface area (Å²) < 4.78 is 12.7. The fraction of sp³-hybridized carbons (Fsp3) is 0.615. The first-order chi connectivity index (χ1) is 16.2. The Morgan fingerprint density at radius 3 is 2.20 bits per heavy atom. The summed E-state index contributed by atoms with van der Waals surface area (Å²) in [5.41, 5.74) is 0.379. The van der Waals surface area contributed by atoms with Crippen molar-refractivity contribution in [1.82, 2.24) is 20.3 Å². The number of hydrogen-bond donors (Lipinski definition) is 1. The van der Waals surface area contributed by atoms with Gasteiger partial charge in [0, 0.05) is 5.56 Å². The van der Waals surface area contributed by atoms with Crippen LogP contribution in [0.1, 0.15) is 68.2 Å². The number of rotatable bonds is 10. The molecule has 9 heteroatoms. The minimum atomic E-state index is -0.770. The standard InChI is InChI=1S/C26H40N4O4S/c1-24(2,3)33-22(31)20(27-23(32)34-25(4,5)6)14-16-35-17-15-26(7,8)30-18-21(28-29-30)19-12-10-9-11-13-19/h9-13,18,20H,14-17H2,1-8H3,(H,27,32)/t20-/m0/s1. The number of alkyl carbamates (subject to hydrolysis) is 1. The van der Waals surface area contributed by atoms with Crippen molar-refractivity contribution in [2.45, 2.75) is 91.0 Å². The molecule has 0 saturated heterocycles. The highest BCUT2D eigenvalue weighted by Crippen LogP contribution is 2.25. The quantitative estimate of drug-likeness (QED) is 0.340. The van der Waals surface area contributed by atoms with Crippen LogP contribution in [0.3, 0.4) is 0 Å². The molecule has 0 radical (unpaired) electrons. The van der Waals surface area contributed by atoms with E-state index in [1.807, 2.05) is 41.2 Å². The molecule has 2 aromatic rings. The summed E-state index contributed by atoms with van der Waals surface area (Å²) in [5.74, 6) is 1.09. The van der Waals surface area contributed by atoms with Crippen LogP contribution >= 0.6 is 11.8 Å². The van der Waals surface area contributed by atoms with Crippen molar-refractivity contribution in [3.05, 3.63) is 36.5 Å². The van der Waals surface area contributed by atoms with E-state index in [0.29, 0.717) is 12.2 Å². The number of hydrogen-bond acceptors (Lipinski definition) is 7. The summed E-state index contributed by atoms with van der Waals surface area (Å²) in [6.45, 7) is 15.0. The van der Waals surface area contributed by atoms with Gasteiger partial charge in [-0.3, -0.25) is 0 Å². The molecule has 0 aliphatic heterocycles. The molecule has 1 heterocycles. The van der Waals surface area contributed by atoms with E-state index in [1.165, 1.54) is 0 Å². The van der Waals surface area contributed by atoms with E-state index >= 15 is 0 Å². The molecule has 0 unspecified atom stereocenters. The average Bonchev–Trinajstić information content (AvgIpc) is 3.22. The lowest BCUT2D eigenvalue weighted by Crippen LogP contribution is -2.46. The van der Waals surface area contributed by atoms with E-state index in [1.54, 1.807) is 53.3 Å². The molecule has 0 spiro atoms. The maximum absolute atomic E-state index is 12.7. The van der Waals surface area contributed by atoms with Crippen molar-refractivity contribution in [2.75, 3.05) is 11.5 Å². The van der Waals surface area contributed by atoms with Crippen LogP contribution in [0.2, 0.25) is 0 Å². The predicted octanol–water partition coefficient (Wildman–Crippen LogP) is 5.43. The van der Waals surface area contributed by atoms with Crippen LogP contribution in [0.15, 0.2) is 36.5 Å². The van der Waals surface area contributed by atoms with Gasteiger partial charge < -0.3 is 14.8 Å². The summed E-state index contributed by atoms with van der Waals surface area (Å²) in [7, 11) is 0. The highest BCUT2D eigenvalue weighted by atomic mass is 32.2. The maximum Gasteiger partial charge on any atom is 0.408 e. The zero-order valence-electron chi connectivity index (χ0n) is 22.3. The van der Waals surface area contributed by atoms with Crippen molar-refractivity contribution in [3.8, 4) is 11.3 Å². The Morgan fingerprint density at radius 1 is 0.971 bits per heavy atom. The first-order valence-electron chi connectivity index (χ1n) is 11.9. The number of carbonyl (C=O) groups is 2. The molecule has 0 aliphatic carbocycles. The van der Waals surface area contributed by atoms with Crippen LogP contribution in [0.25, 0.3) is 11.3 Å². The number of nitrogens with zero attached hydrogens (tertiary/aromatic N) is 3. The number of esters is 1. The van der Waals surface area contributed by atoms with Gasteiger partial charge in [-0.1, -0.05) is 35.5 Å². The Kier molecular flexibility index (Phi) is 9.77. The summed E-state index contributed by atoms with van der Waals surface area (Å²) in [5, 5.41) is 11.3. The summed E-state index contributed by atoms with van der Waals surface area (Å²) >= 11 is 1.72. The molecule has 1 aromatic heterocycles. The molecule has 0 bridgehead atoms. The first-order valence-corrected chi connectivity index (χ1v) is 13.1. The lowest BCUT2D eigenvalue weighted by Gasteiger charge is -2.26. The zero-order chi connectivity index (χ0) is 26.3. The SMILES string of the molecule is CC(C)(C)OC(=O)N[C@@H](CCSCCC(C)(C)n1cc(-c2ccccc2)nn1)C(=O)OC(C)(C)C. The van der Waals surface area contributed by atoms with Gasteiger partial charge in [0.2, 0.25) is 0 Å². The molecule has 1 amide bonds. The molecule has 8 nitrogen and oxygen atoms in total. The normalized spacial score (nSPS) is 13.3. The fourth-order valence-corrected chi connectivity index (χ4v) is 4.36. The van der Waals surface area contributed by atoms with Gasteiger partial charge in [-0.2, -0.15) is 11.8 Å². The number of aromatic nitrogens is 3. The van der Waals surface area contributed by atoms with Crippen molar-refractivity contribution in [2.24, 2.45) is 0 Å². The van der Waals surface area contributed by atoms with Crippen LogP contribution in [0.4, 0.5) is 4.79 Å². The van der Waals surface area contributed by atoms with E-state index < -0.39 is 29.3 Å². The third-order valence-electron chi connectivity index (χ3n) is 4.97. The van der Waals surface area contributed by atoms with Crippen LogP contribution < -0.4 is 5.32 Å². The summed E-state index contributed by atoms with van der Waals surface area (Å²) in [6, 6.07) is 9.21. The predicted molar refractivity (Wildman–Crippen MR) is 140 cm³/mol. The summed E-state index contributed by atoms with van der Waals surface area (Å²) in [4.78, 5) is 24.9.